The number of aliphatic hydroxyl groups is 1. The minimum atomic E-state index is -4.06. The third-order valence-corrected chi connectivity index (χ3v) is 7.20. The summed E-state index contributed by atoms with van der Waals surface area (Å²) in [6.45, 7) is 2.17. The Bertz CT molecular complexity index is 798. The molecule has 0 spiro atoms. The van der Waals surface area contributed by atoms with Gasteiger partial charge in [0.1, 0.15) is 17.3 Å². The molecule has 25 heavy (non-hydrogen) atoms. The first kappa shape index (κ1) is 18.4. The van der Waals surface area contributed by atoms with E-state index in [0.29, 0.717) is 24.3 Å². The van der Waals surface area contributed by atoms with Crippen molar-refractivity contribution in [2.45, 2.75) is 53.2 Å². The van der Waals surface area contributed by atoms with Crippen molar-refractivity contribution in [3.05, 3.63) is 22.2 Å². The summed E-state index contributed by atoms with van der Waals surface area (Å²) in [6.07, 6.45) is 3.03. The molecule has 1 aromatic carbocycles. The second-order valence-electron chi connectivity index (χ2n) is 6.87. The Morgan fingerprint density at radius 2 is 2.04 bits per heavy atom. The van der Waals surface area contributed by atoms with Crippen molar-refractivity contribution in [2.24, 2.45) is 11.1 Å². The first-order chi connectivity index (χ1) is 11.6. The van der Waals surface area contributed by atoms with Gasteiger partial charge in [-0.2, -0.15) is 0 Å². The maximum Gasteiger partial charge on any atom is 0.288 e. The van der Waals surface area contributed by atoms with Crippen molar-refractivity contribution in [2.75, 3.05) is 6.61 Å². The van der Waals surface area contributed by atoms with Crippen molar-refractivity contribution in [3.63, 3.8) is 0 Å². The molecule has 1 heterocycles. The van der Waals surface area contributed by atoms with Gasteiger partial charge in [0.2, 0.25) is 10.0 Å². The second kappa shape index (κ2) is 6.42. The molecule has 1 aliphatic heterocycles. The zero-order valence-corrected chi connectivity index (χ0v) is 15.3. The van der Waals surface area contributed by atoms with E-state index in [9.17, 15) is 23.6 Å². The van der Waals surface area contributed by atoms with Gasteiger partial charge < -0.3 is 9.84 Å². The topological polar surface area (TPSA) is 133 Å². The number of fused-ring (bicyclic) bond motifs is 1. The number of thioether (sulfide) groups is 1. The molecule has 0 aromatic heterocycles. The molecule has 1 aromatic rings. The van der Waals surface area contributed by atoms with E-state index in [4.69, 9.17) is 9.88 Å². The number of benzene rings is 1. The summed E-state index contributed by atoms with van der Waals surface area (Å²) >= 11 is 1.35. The van der Waals surface area contributed by atoms with E-state index < -0.39 is 20.5 Å². The average Bonchev–Trinajstić information content (AvgIpc) is 2.52. The van der Waals surface area contributed by atoms with Crippen LogP contribution in [0, 0.1) is 16.0 Å². The van der Waals surface area contributed by atoms with E-state index in [1.807, 2.05) is 6.92 Å². The molecule has 1 aliphatic carbocycles. The highest BCUT2D eigenvalue weighted by Crippen LogP contribution is 2.48. The van der Waals surface area contributed by atoms with Crippen molar-refractivity contribution in [1.82, 2.24) is 0 Å². The third kappa shape index (κ3) is 3.91. The van der Waals surface area contributed by atoms with Crippen LogP contribution in [0.2, 0.25) is 0 Å². The molecule has 0 unspecified atom stereocenters. The van der Waals surface area contributed by atoms with Gasteiger partial charge in [-0.3, -0.25) is 10.1 Å². The van der Waals surface area contributed by atoms with E-state index >= 15 is 0 Å². The minimum Gasteiger partial charge on any atom is -0.491 e. The fourth-order valence-electron chi connectivity index (χ4n) is 3.31. The Morgan fingerprint density at radius 1 is 1.40 bits per heavy atom. The molecule has 1 fully saturated rings. The van der Waals surface area contributed by atoms with Crippen LogP contribution in [0.4, 0.5) is 5.69 Å². The first-order valence-electron chi connectivity index (χ1n) is 7.94. The molecule has 0 amide bonds. The number of sulfonamides is 1. The van der Waals surface area contributed by atoms with Crippen LogP contribution in [-0.4, -0.2) is 35.9 Å². The number of primary sulfonamides is 1. The Labute approximate surface area is 149 Å². The zero-order valence-electron chi connectivity index (χ0n) is 13.7. The summed E-state index contributed by atoms with van der Waals surface area (Å²) in [5.74, 6) is 0.471. The summed E-state index contributed by atoms with van der Waals surface area (Å²) in [6, 6.07) is 2.23. The summed E-state index contributed by atoms with van der Waals surface area (Å²) in [5.41, 5.74) is -0.954. The summed E-state index contributed by atoms with van der Waals surface area (Å²) < 4.78 is 28.7. The van der Waals surface area contributed by atoms with Gasteiger partial charge in [0.15, 0.2) is 0 Å². The van der Waals surface area contributed by atoms with Gasteiger partial charge in [0, 0.05) is 17.4 Å². The Morgan fingerprint density at radius 3 is 2.60 bits per heavy atom. The minimum absolute atomic E-state index is 0.0302. The van der Waals surface area contributed by atoms with Gasteiger partial charge in [-0.25, -0.2) is 13.6 Å². The predicted molar refractivity (Wildman–Crippen MR) is 92.2 cm³/mol. The van der Waals surface area contributed by atoms with Crippen molar-refractivity contribution >= 4 is 27.5 Å². The van der Waals surface area contributed by atoms with Crippen LogP contribution >= 0.6 is 11.8 Å². The van der Waals surface area contributed by atoms with E-state index in [1.54, 1.807) is 0 Å². The lowest BCUT2D eigenvalue weighted by Gasteiger charge is -2.38. The zero-order chi connectivity index (χ0) is 18.4. The van der Waals surface area contributed by atoms with E-state index in [2.05, 4.69) is 0 Å². The largest absolute Gasteiger partial charge is 0.491 e. The molecule has 2 aliphatic rings. The fourth-order valence-corrected chi connectivity index (χ4v) is 5.25. The number of ether oxygens (including phenoxy) is 1. The van der Waals surface area contributed by atoms with E-state index in [1.165, 1.54) is 17.8 Å². The molecule has 3 rings (SSSR count). The number of nitrogens with two attached hydrogens (primary N) is 1. The van der Waals surface area contributed by atoms with Crippen LogP contribution < -0.4 is 9.88 Å². The van der Waals surface area contributed by atoms with Crippen molar-refractivity contribution < 1.29 is 23.2 Å². The second-order valence-corrected chi connectivity index (χ2v) is 9.68. The Balaban J connectivity index is 1.89. The first-order valence-corrected chi connectivity index (χ1v) is 10.4. The number of nitrogens with zero attached hydrogens (tertiary/aromatic N) is 1. The number of nitro groups is 1. The molecule has 8 nitrogen and oxygen atoms in total. The molecule has 0 bridgehead atoms. The number of rotatable bonds is 3. The highest BCUT2D eigenvalue weighted by molar-refractivity contribution is 8.00. The molecule has 138 valence electrons. The van der Waals surface area contributed by atoms with Crippen LogP contribution in [0.1, 0.15) is 32.6 Å². The monoisotopic (exact) mass is 388 g/mol. The molecule has 1 saturated carbocycles. The van der Waals surface area contributed by atoms with Gasteiger partial charge >= 0.3 is 0 Å². The standard InChI is InChI=1S/C15H20N2O6S2/c1-15(18)4-2-9(3-5-15)13-8-23-12-7-10(25(16,21)22)6-11(17(19)20)14(12)24-13/h6-7,9,13,18H,2-5,8H2,1H3,(H2,16,21,22)/t9?,13-,15?/m1/s1. The average molecular weight is 388 g/mol. The van der Waals surface area contributed by atoms with Gasteiger partial charge in [-0.05, 0) is 38.5 Å². The Kier molecular flexibility index (Phi) is 4.73. The lowest BCUT2D eigenvalue weighted by atomic mass is 9.78. The van der Waals surface area contributed by atoms with Gasteiger partial charge in [0.05, 0.1) is 15.4 Å². The van der Waals surface area contributed by atoms with Crippen LogP contribution in [0.15, 0.2) is 21.9 Å². The van der Waals surface area contributed by atoms with Crippen molar-refractivity contribution in [3.8, 4) is 5.75 Å². The predicted octanol–water partition coefficient (Wildman–Crippen LogP) is 2.04. The molecule has 0 radical (unpaired) electrons. The normalized spacial score (nSPS) is 29.6. The third-order valence-electron chi connectivity index (χ3n) is 4.84. The van der Waals surface area contributed by atoms with Crippen LogP contribution in [0.25, 0.3) is 0 Å². The highest BCUT2D eigenvalue weighted by Gasteiger charge is 2.38. The number of nitro benzene ring substituents is 1. The number of hydrogen-bond acceptors (Lipinski definition) is 7. The van der Waals surface area contributed by atoms with Crippen LogP contribution in [-0.2, 0) is 10.0 Å². The number of hydrogen-bond donors (Lipinski definition) is 2. The molecule has 3 N–H and O–H groups in total. The Hall–Kier alpha value is -1.36. The summed E-state index contributed by atoms with van der Waals surface area (Å²) in [7, 11) is -4.06. The summed E-state index contributed by atoms with van der Waals surface area (Å²) in [4.78, 5) is 10.8. The molecular weight excluding hydrogens is 368 g/mol. The van der Waals surface area contributed by atoms with Crippen LogP contribution in [0.3, 0.4) is 0 Å². The quantitative estimate of drug-likeness (QED) is 0.598. The lowest BCUT2D eigenvalue weighted by molar-refractivity contribution is -0.388. The molecular formula is C15H20N2O6S2. The molecule has 10 heteroatoms. The van der Waals surface area contributed by atoms with Crippen molar-refractivity contribution in [1.29, 1.82) is 0 Å². The maximum absolute atomic E-state index is 11.5. The SMILES string of the molecule is CC1(O)CCC([C@H]2COc3cc(S(N)(=O)=O)cc([N+](=O)[O-])c3S2)CC1. The molecule has 1 atom stereocenters. The van der Waals surface area contributed by atoms with E-state index in [-0.39, 0.29) is 27.5 Å². The smallest absolute Gasteiger partial charge is 0.288 e. The maximum atomic E-state index is 11.5. The fraction of sp³-hybridized carbons (Fsp3) is 0.600. The summed E-state index contributed by atoms with van der Waals surface area (Å²) in [5, 5.41) is 26.6. The van der Waals surface area contributed by atoms with Crippen LogP contribution in [0.5, 0.6) is 5.75 Å². The van der Waals surface area contributed by atoms with Gasteiger partial charge in [-0.1, -0.05) is 0 Å². The highest BCUT2D eigenvalue weighted by atomic mass is 32.2. The van der Waals surface area contributed by atoms with Gasteiger partial charge in [-0.15, -0.1) is 11.8 Å². The van der Waals surface area contributed by atoms with Gasteiger partial charge in [0.25, 0.3) is 5.69 Å². The molecule has 0 saturated heterocycles. The van der Waals surface area contributed by atoms with E-state index in [0.717, 1.165) is 18.9 Å². The lowest BCUT2D eigenvalue weighted by Crippen LogP contribution is -2.36.